The highest BCUT2D eigenvalue weighted by atomic mass is 32.2. The first-order valence-corrected chi connectivity index (χ1v) is 8.55. The van der Waals surface area contributed by atoms with Crippen molar-refractivity contribution in [3.8, 4) is 5.75 Å². The Kier molecular flexibility index (Phi) is 6.39. The molecule has 1 heterocycles. The van der Waals surface area contributed by atoms with Crippen LogP contribution in [-0.4, -0.2) is 55.1 Å². The number of amides is 1. The Balaban J connectivity index is 1.68. The van der Waals surface area contributed by atoms with E-state index in [1.165, 1.54) is 5.56 Å². The molecule has 1 saturated heterocycles. The third-order valence-electron chi connectivity index (χ3n) is 3.53. The number of rotatable bonds is 6. The fraction of sp³-hybridized carbons (Fsp3) is 0.562. The first-order valence-electron chi connectivity index (χ1n) is 7.39. The largest absolute Gasteiger partial charge is 0.492 e. The van der Waals surface area contributed by atoms with Crippen molar-refractivity contribution in [2.24, 2.45) is 0 Å². The lowest BCUT2D eigenvalue weighted by molar-refractivity contribution is -0.130. The average molecular weight is 308 g/mol. The summed E-state index contributed by atoms with van der Waals surface area (Å²) < 4.78 is 5.68. The normalized spacial score (nSPS) is 18.3. The lowest BCUT2D eigenvalue weighted by atomic mass is 10.2. The minimum absolute atomic E-state index is 0.183. The summed E-state index contributed by atoms with van der Waals surface area (Å²) in [6.07, 6.45) is 0.577. The smallest absolute Gasteiger partial charge is 0.224 e. The maximum atomic E-state index is 12.1. The molecule has 0 saturated carbocycles. The highest BCUT2D eigenvalue weighted by Crippen LogP contribution is 2.13. The topological polar surface area (TPSA) is 41.6 Å². The number of hydrogen-bond donors (Lipinski definition) is 1. The van der Waals surface area contributed by atoms with Crippen LogP contribution in [-0.2, 0) is 4.79 Å². The van der Waals surface area contributed by atoms with Crippen molar-refractivity contribution in [3.63, 3.8) is 0 Å². The van der Waals surface area contributed by atoms with Crippen molar-refractivity contribution in [1.29, 1.82) is 0 Å². The number of hydrogen-bond acceptors (Lipinski definition) is 4. The number of nitrogens with one attached hydrogen (secondary N) is 1. The van der Waals surface area contributed by atoms with Gasteiger partial charge in [0.05, 0.1) is 6.54 Å². The van der Waals surface area contributed by atoms with E-state index in [0.717, 1.165) is 23.8 Å². The molecule has 1 amide bonds. The van der Waals surface area contributed by atoms with Crippen molar-refractivity contribution in [2.45, 2.75) is 19.4 Å². The first-order chi connectivity index (χ1) is 10.1. The van der Waals surface area contributed by atoms with Gasteiger partial charge in [0.25, 0.3) is 0 Å². The van der Waals surface area contributed by atoms with Crippen LogP contribution in [0.1, 0.15) is 12.0 Å². The molecule has 0 bridgehead atoms. The van der Waals surface area contributed by atoms with Crippen molar-refractivity contribution in [2.75, 3.05) is 38.2 Å². The third-order valence-corrected chi connectivity index (χ3v) is 4.66. The lowest BCUT2D eigenvalue weighted by Crippen LogP contribution is -2.42. The van der Waals surface area contributed by atoms with Crippen LogP contribution in [0.4, 0.5) is 0 Å². The van der Waals surface area contributed by atoms with Crippen LogP contribution in [0.5, 0.6) is 5.75 Å². The van der Waals surface area contributed by atoms with Gasteiger partial charge in [-0.15, -0.1) is 0 Å². The Bertz CT molecular complexity index is 461. The molecule has 0 radical (unpaired) electrons. The molecule has 2 rings (SSSR count). The summed E-state index contributed by atoms with van der Waals surface area (Å²) in [4.78, 5) is 13.9. The molecule has 1 aliphatic heterocycles. The minimum atomic E-state index is 0.183. The van der Waals surface area contributed by atoms with Gasteiger partial charge in [-0.1, -0.05) is 12.1 Å². The van der Waals surface area contributed by atoms with Crippen molar-refractivity contribution < 1.29 is 9.53 Å². The molecule has 1 atom stereocenters. The van der Waals surface area contributed by atoms with E-state index in [0.29, 0.717) is 25.6 Å². The summed E-state index contributed by atoms with van der Waals surface area (Å²) in [5, 5.41) is 3.39. The average Bonchev–Trinajstić information content (AvgIpc) is 2.48. The van der Waals surface area contributed by atoms with Crippen LogP contribution < -0.4 is 10.1 Å². The lowest BCUT2D eigenvalue weighted by Gasteiger charge is -2.25. The van der Waals surface area contributed by atoms with Gasteiger partial charge < -0.3 is 15.0 Å². The summed E-state index contributed by atoms with van der Waals surface area (Å²) in [5.74, 6) is 3.22. The van der Waals surface area contributed by atoms with Crippen molar-refractivity contribution in [1.82, 2.24) is 10.2 Å². The van der Waals surface area contributed by atoms with Crippen LogP contribution in [0.15, 0.2) is 24.3 Å². The third kappa shape index (κ3) is 5.59. The molecule has 1 unspecified atom stereocenters. The Labute approximate surface area is 131 Å². The van der Waals surface area contributed by atoms with E-state index in [9.17, 15) is 4.79 Å². The molecular formula is C16H24N2O2S. The molecule has 1 N–H and O–H groups in total. The van der Waals surface area contributed by atoms with Gasteiger partial charge in [0.2, 0.25) is 5.91 Å². The fourth-order valence-electron chi connectivity index (χ4n) is 2.25. The van der Waals surface area contributed by atoms with Crippen LogP contribution in [0, 0.1) is 6.92 Å². The van der Waals surface area contributed by atoms with Crippen LogP contribution in [0.25, 0.3) is 0 Å². The Morgan fingerprint density at radius 3 is 3.10 bits per heavy atom. The van der Waals surface area contributed by atoms with Crippen LogP contribution in [0.3, 0.4) is 0 Å². The van der Waals surface area contributed by atoms with Gasteiger partial charge in [0, 0.05) is 37.6 Å². The zero-order valence-electron chi connectivity index (χ0n) is 12.8. The molecule has 0 aliphatic carbocycles. The number of aryl methyl sites for hydroxylation is 1. The number of nitrogens with zero attached hydrogens (tertiary/aromatic N) is 1. The standard InChI is InChI=1S/C16H24N2O2S/c1-13-4-3-5-15(10-13)20-8-7-18(2)16(19)11-14-12-21-9-6-17-14/h3-5,10,14,17H,6-9,11-12H2,1-2H3. The number of benzene rings is 1. The van der Waals surface area contributed by atoms with Crippen LogP contribution >= 0.6 is 11.8 Å². The Morgan fingerprint density at radius 1 is 1.52 bits per heavy atom. The van der Waals surface area contributed by atoms with Crippen LogP contribution in [0.2, 0.25) is 0 Å². The molecule has 5 heteroatoms. The quantitative estimate of drug-likeness (QED) is 0.872. The number of likely N-dealkylation sites (N-methyl/N-ethyl adjacent to an activating group) is 1. The molecule has 1 aromatic rings. The molecule has 4 nitrogen and oxygen atoms in total. The van der Waals surface area contributed by atoms with Crippen molar-refractivity contribution >= 4 is 17.7 Å². The minimum Gasteiger partial charge on any atom is -0.492 e. The van der Waals surface area contributed by atoms with Crippen molar-refractivity contribution in [3.05, 3.63) is 29.8 Å². The number of carbonyl (C=O) groups excluding carboxylic acids is 1. The molecule has 0 spiro atoms. The van der Waals surface area contributed by atoms with E-state index in [2.05, 4.69) is 5.32 Å². The van der Waals surface area contributed by atoms with Gasteiger partial charge in [-0.3, -0.25) is 4.79 Å². The van der Waals surface area contributed by atoms with Gasteiger partial charge in [-0.05, 0) is 24.6 Å². The molecule has 1 fully saturated rings. The summed E-state index contributed by atoms with van der Waals surface area (Å²) >= 11 is 1.92. The summed E-state index contributed by atoms with van der Waals surface area (Å²) in [7, 11) is 1.85. The van der Waals surface area contributed by atoms with E-state index in [1.54, 1.807) is 4.90 Å². The summed E-state index contributed by atoms with van der Waals surface area (Å²) in [6.45, 7) is 4.19. The SMILES string of the molecule is Cc1cccc(OCCN(C)C(=O)CC2CSCCN2)c1. The predicted molar refractivity (Wildman–Crippen MR) is 88.0 cm³/mol. The number of ether oxygens (including phenoxy) is 1. The highest BCUT2D eigenvalue weighted by Gasteiger charge is 2.18. The molecule has 1 aromatic carbocycles. The van der Waals surface area contributed by atoms with E-state index >= 15 is 0 Å². The highest BCUT2D eigenvalue weighted by molar-refractivity contribution is 7.99. The first kappa shape index (κ1) is 16.2. The van der Waals surface area contributed by atoms with Gasteiger partial charge in [0.1, 0.15) is 12.4 Å². The zero-order valence-corrected chi connectivity index (χ0v) is 13.6. The van der Waals surface area contributed by atoms with Gasteiger partial charge >= 0.3 is 0 Å². The number of carbonyl (C=O) groups is 1. The maximum absolute atomic E-state index is 12.1. The maximum Gasteiger partial charge on any atom is 0.224 e. The Morgan fingerprint density at radius 2 is 2.38 bits per heavy atom. The zero-order chi connectivity index (χ0) is 15.1. The summed E-state index contributed by atoms with van der Waals surface area (Å²) in [6, 6.07) is 8.28. The second kappa shape index (κ2) is 8.29. The molecule has 1 aliphatic rings. The predicted octanol–water partition coefficient (Wildman–Crippen LogP) is 1.93. The monoisotopic (exact) mass is 308 g/mol. The van der Waals surface area contributed by atoms with E-state index in [1.807, 2.05) is 50.0 Å². The summed E-state index contributed by atoms with van der Waals surface area (Å²) in [5.41, 5.74) is 1.18. The van der Waals surface area contributed by atoms with E-state index < -0.39 is 0 Å². The second-order valence-corrected chi connectivity index (χ2v) is 6.56. The van der Waals surface area contributed by atoms with Gasteiger partial charge in [0.15, 0.2) is 0 Å². The van der Waals surface area contributed by atoms with Gasteiger partial charge in [-0.2, -0.15) is 11.8 Å². The van der Waals surface area contributed by atoms with E-state index in [-0.39, 0.29) is 5.91 Å². The fourth-order valence-corrected chi connectivity index (χ4v) is 3.20. The molecule has 116 valence electrons. The van der Waals surface area contributed by atoms with Gasteiger partial charge in [-0.25, -0.2) is 0 Å². The molecule has 21 heavy (non-hydrogen) atoms. The second-order valence-electron chi connectivity index (χ2n) is 5.41. The van der Waals surface area contributed by atoms with E-state index in [4.69, 9.17) is 4.74 Å². The Hall–Kier alpha value is -1.20. The number of thioether (sulfide) groups is 1. The molecule has 0 aromatic heterocycles. The molecular weight excluding hydrogens is 284 g/mol.